The number of hydrogen-bond acceptors (Lipinski definition) is 9. The minimum atomic E-state index is -0.833. The van der Waals surface area contributed by atoms with Crippen molar-refractivity contribution in [3.63, 3.8) is 0 Å². The molecule has 11 heteroatoms. The summed E-state index contributed by atoms with van der Waals surface area (Å²) in [7, 11) is 0. The Morgan fingerprint density at radius 2 is 0.902 bits per heavy atom. The van der Waals surface area contributed by atoms with Gasteiger partial charge in [-0.15, -0.1) is 17.0 Å². The molecular weight excluding hydrogens is 588 g/mol. The fourth-order valence-corrected chi connectivity index (χ4v) is 4.80. The first-order chi connectivity index (χ1) is 19.6. The molecule has 1 aromatic rings. The quantitative estimate of drug-likeness (QED) is 0.334. The molecule has 0 saturated carbocycles. The van der Waals surface area contributed by atoms with Gasteiger partial charge in [-0.2, -0.15) is 0 Å². The van der Waals surface area contributed by atoms with Crippen LogP contribution in [0.4, 0.5) is 0 Å². The molecule has 0 aliphatic carbocycles. The molecule has 3 rings (SSSR count). The topological polar surface area (TPSA) is 110 Å². The zero-order valence-electron chi connectivity index (χ0n) is 25.3. The second-order valence-electron chi connectivity index (χ2n) is 10.5. The highest BCUT2D eigenvalue weighted by atomic mass is 79.9. The van der Waals surface area contributed by atoms with Gasteiger partial charge in [-0.3, -0.25) is 14.6 Å². The lowest BCUT2D eigenvalue weighted by atomic mass is 10.1. The third-order valence-electron chi connectivity index (χ3n) is 6.84. The first-order valence-corrected chi connectivity index (χ1v) is 15.3. The van der Waals surface area contributed by atoms with E-state index in [9.17, 15) is 0 Å². The lowest BCUT2D eigenvalue weighted by Gasteiger charge is -2.24. The van der Waals surface area contributed by atoms with E-state index in [0.29, 0.717) is 0 Å². The van der Waals surface area contributed by atoms with Gasteiger partial charge in [0.25, 0.3) is 5.97 Å². The first-order valence-electron chi connectivity index (χ1n) is 15.3. The van der Waals surface area contributed by atoms with E-state index >= 15 is 0 Å². The van der Waals surface area contributed by atoms with Crippen molar-refractivity contribution >= 4 is 23.0 Å². The number of carbonyl (C=O) groups is 1. The van der Waals surface area contributed by atoms with Crippen molar-refractivity contribution < 1.29 is 19.4 Å². The highest BCUT2D eigenvalue weighted by Gasteiger charge is 2.09. The van der Waals surface area contributed by atoms with Crippen LogP contribution in [0, 0.1) is 0 Å². The van der Waals surface area contributed by atoms with Crippen LogP contribution in [0.3, 0.4) is 0 Å². The third kappa shape index (κ3) is 22.1. The molecule has 0 unspecified atom stereocenters. The molecule has 2 aliphatic heterocycles. The number of hydrogen-bond donors (Lipinski definition) is 5. The number of ether oxygens (including phenoxy) is 2. The number of nitrogens with one attached hydrogen (secondary N) is 4. The molecule has 5 N–H and O–H groups in total. The van der Waals surface area contributed by atoms with Crippen LogP contribution >= 0.6 is 17.0 Å². The molecule has 2 aliphatic rings. The molecular formula is C30H57BrN6O4. The fraction of sp³-hybridized carbons (Fsp3) is 0.767. The van der Waals surface area contributed by atoms with Gasteiger partial charge in [0.05, 0.1) is 26.4 Å². The van der Waals surface area contributed by atoms with Crippen LogP contribution in [-0.2, 0) is 27.4 Å². The highest BCUT2D eigenvalue weighted by molar-refractivity contribution is 8.93. The van der Waals surface area contributed by atoms with Gasteiger partial charge in [0.15, 0.2) is 0 Å². The van der Waals surface area contributed by atoms with E-state index in [2.05, 4.69) is 55.3 Å². The Kier molecular flexibility index (Phi) is 24.5. The zero-order chi connectivity index (χ0) is 28.5. The summed E-state index contributed by atoms with van der Waals surface area (Å²) in [6.45, 7) is 18.9. The van der Waals surface area contributed by atoms with Crippen LogP contribution in [0.5, 0.6) is 0 Å². The third-order valence-corrected chi connectivity index (χ3v) is 6.84. The average Bonchev–Trinajstić information content (AvgIpc) is 2.93. The molecule has 1 aromatic carbocycles. The number of aliphatic carboxylic acids is 1. The standard InChI is InChI=1S/C28H52N6O2.C2H4O2.BrH/c1-9-29-13-21-35-22-14-30-10-2-18-33(17-1)25-27-5-7-28(8-6-27)26-34-19-3-11-31-15-23-36-24-16-32-12-4-20-34;1-2(3)4;/h5-8,29-32H,1-4,9-26H2;1H3,(H,3,4);1H. The summed E-state index contributed by atoms with van der Waals surface area (Å²) in [6, 6.07) is 9.40. The van der Waals surface area contributed by atoms with E-state index in [0.717, 1.165) is 125 Å². The Bertz CT molecular complexity index is 659. The Morgan fingerprint density at radius 1 is 0.634 bits per heavy atom. The molecule has 2 saturated heterocycles. The summed E-state index contributed by atoms with van der Waals surface area (Å²) in [6.07, 6.45) is 4.71. The van der Waals surface area contributed by atoms with Gasteiger partial charge < -0.3 is 35.8 Å². The van der Waals surface area contributed by atoms with Crippen molar-refractivity contribution in [2.75, 3.05) is 105 Å². The predicted octanol–water partition coefficient (Wildman–Crippen LogP) is 1.94. The second kappa shape index (κ2) is 26.5. The molecule has 0 atom stereocenters. The van der Waals surface area contributed by atoms with Gasteiger partial charge in [-0.1, -0.05) is 24.3 Å². The van der Waals surface area contributed by atoms with Crippen molar-refractivity contribution in [3.05, 3.63) is 35.4 Å². The van der Waals surface area contributed by atoms with Gasteiger partial charge in [0.2, 0.25) is 0 Å². The van der Waals surface area contributed by atoms with Crippen LogP contribution < -0.4 is 21.3 Å². The number of halogens is 1. The molecule has 0 aromatic heterocycles. The fourth-order valence-electron chi connectivity index (χ4n) is 4.80. The SMILES string of the molecule is Br.CC(=O)O.c1cc(CN2CCCNCCOCCNCCC2)ccc1CN1CCCNCCOCCNCCC1. The van der Waals surface area contributed by atoms with E-state index < -0.39 is 5.97 Å². The van der Waals surface area contributed by atoms with Gasteiger partial charge >= 0.3 is 0 Å². The van der Waals surface area contributed by atoms with E-state index in [4.69, 9.17) is 19.4 Å². The number of carboxylic acid groups (broad SMARTS) is 1. The van der Waals surface area contributed by atoms with Crippen LogP contribution in [0.2, 0.25) is 0 Å². The van der Waals surface area contributed by atoms with E-state index in [1.165, 1.54) is 36.8 Å². The van der Waals surface area contributed by atoms with Crippen LogP contribution in [0.1, 0.15) is 43.7 Å². The van der Waals surface area contributed by atoms with Crippen molar-refractivity contribution in [1.29, 1.82) is 0 Å². The minimum Gasteiger partial charge on any atom is -0.481 e. The maximum atomic E-state index is 9.00. The van der Waals surface area contributed by atoms with Gasteiger partial charge in [0, 0.05) is 46.2 Å². The summed E-state index contributed by atoms with van der Waals surface area (Å²) in [4.78, 5) is 14.2. The van der Waals surface area contributed by atoms with Gasteiger partial charge in [-0.05, 0) is 89.2 Å². The van der Waals surface area contributed by atoms with E-state index in [-0.39, 0.29) is 17.0 Å². The monoisotopic (exact) mass is 644 g/mol. The Labute approximate surface area is 259 Å². The average molecular weight is 646 g/mol. The molecule has 0 amide bonds. The predicted molar refractivity (Wildman–Crippen MR) is 172 cm³/mol. The Balaban J connectivity index is 0.00000157. The Hall–Kier alpha value is -1.15. The van der Waals surface area contributed by atoms with Crippen molar-refractivity contribution in [1.82, 2.24) is 31.1 Å². The van der Waals surface area contributed by atoms with Crippen LogP contribution in [-0.4, -0.2) is 126 Å². The van der Waals surface area contributed by atoms with Gasteiger partial charge in [0.1, 0.15) is 0 Å². The molecule has 0 radical (unpaired) electrons. The number of rotatable bonds is 4. The summed E-state index contributed by atoms with van der Waals surface area (Å²) >= 11 is 0. The summed E-state index contributed by atoms with van der Waals surface area (Å²) < 4.78 is 11.3. The number of nitrogens with zero attached hydrogens (tertiary/aromatic N) is 2. The van der Waals surface area contributed by atoms with Crippen molar-refractivity contribution in [2.45, 2.75) is 45.7 Å². The number of benzene rings is 1. The first kappa shape index (κ1) is 37.9. The number of carboxylic acids is 1. The van der Waals surface area contributed by atoms with Crippen molar-refractivity contribution in [3.8, 4) is 0 Å². The molecule has 0 spiro atoms. The molecule has 2 heterocycles. The molecule has 41 heavy (non-hydrogen) atoms. The minimum absolute atomic E-state index is 0. The maximum Gasteiger partial charge on any atom is 0.300 e. The lowest BCUT2D eigenvalue weighted by Crippen LogP contribution is -2.32. The van der Waals surface area contributed by atoms with Crippen molar-refractivity contribution in [2.24, 2.45) is 0 Å². The smallest absolute Gasteiger partial charge is 0.300 e. The molecule has 10 nitrogen and oxygen atoms in total. The van der Waals surface area contributed by atoms with Crippen LogP contribution in [0.25, 0.3) is 0 Å². The maximum absolute atomic E-state index is 9.00. The second-order valence-corrected chi connectivity index (χ2v) is 10.5. The van der Waals surface area contributed by atoms with Crippen LogP contribution in [0.15, 0.2) is 24.3 Å². The molecule has 2 fully saturated rings. The molecule has 0 bridgehead atoms. The normalized spacial score (nSPS) is 20.7. The summed E-state index contributed by atoms with van der Waals surface area (Å²) in [5.41, 5.74) is 2.84. The van der Waals surface area contributed by atoms with E-state index in [1.54, 1.807) is 0 Å². The van der Waals surface area contributed by atoms with Gasteiger partial charge in [-0.25, -0.2) is 0 Å². The lowest BCUT2D eigenvalue weighted by molar-refractivity contribution is -0.134. The Morgan fingerprint density at radius 3 is 1.17 bits per heavy atom. The van der Waals surface area contributed by atoms with E-state index in [1.807, 2.05) is 0 Å². The summed E-state index contributed by atoms with van der Waals surface area (Å²) in [5, 5.41) is 21.4. The highest BCUT2D eigenvalue weighted by Crippen LogP contribution is 2.12. The largest absolute Gasteiger partial charge is 0.481 e. The zero-order valence-corrected chi connectivity index (χ0v) is 27.1. The summed E-state index contributed by atoms with van der Waals surface area (Å²) in [5.74, 6) is -0.833. The molecule has 238 valence electrons.